The highest BCUT2D eigenvalue weighted by Crippen LogP contribution is 2.31. The van der Waals surface area contributed by atoms with E-state index in [0.717, 1.165) is 39.0 Å². The minimum absolute atomic E-state index is 0.0208. The number of hydrogen-bond donors (Lipinski definition) is 1. The molecule has 2 aromatic carbocycles. The fourth-order valence-corrected chi connectivity index (χ4v) is 5.65. The quantitative estimate of drug-likeness (QED) is 0.280. The van der Waals surface area contributed by atoms with Crippen molar-refractivity contribution in [2.75, 3.05) is 4.72 Å². The van der Waals surface area contributed by atoms with Crippen LogP contribution in [0.3, 0.4) is 0 Å². The highest BCUT2D eigenvalue weighted by atomic mass is 35.5. The molecule has 3 aromatic heterocycles. The molecule has 0 radical (unpaired) electrons. The molecule has 190 valence electrons. The van der Waals surface area contributed by atoms with E-state index in [4.69, 9.17) is 23.2 Å². The van der Waals surface area contributed by atoms with Crippen LogP contribution in [0.4, 0.5) is 10.1 Å². The first kappa shape index (κ1) is 25.6. The Balaban J connectivity index is 1.50. The third-order valence-electron chi connectivity index (χ3n) is 5.16. The zero-order chi connectivity index (χ0) is 27.0. The Hall–Kier alpha value is -4.09. The van der Waals surface area contributed by atoms with Gasteiger partial charge in [0.1, 0.15) is 16.4 Å². The summed E-state index contributed by atoms with van der Waals surface area (Å²) in [5.41, 5.74) is 0.129. The van der Waals surface area contributed by atoms with Gasteiger partial charge in [0.25, 0.3) is 15.6 Å². The highest BCUT2D eigenvalue weighted by molar-refractivity contribution is 7.95. The number of nitrogens with one attached hydrogen (secondary N) is 1. The van der Waals surface area contributed by atoms with Crippen LogP contribution in [0.15, 0.2) is 65.1 Å². The normalized spacial score (nSPS) is 11.7. The summed E-state index contributed by atoms with van der Waals surface area (Å²) in [6.45, 7) is 0. The second-order valence-corrected chi connectivity index (χ2v) is 10.9. The van der Waals surface area contributed by atoms with Gasteiger partial charge >= 0.3 is 0 Å². The molecule has 0 saturated heterocycles. The van der Waals surface area contributed by atoms with Crippen molar-refractivity contribution in [3.63, 3.8) is 0 Å². The number of halogens is 3. The molecule has 5 aromatic rings. The molecule has 38 heavy (non-hydrogen) atoms. The summed E-state index contributed by atoms with van der Waals surface area (Å²) in [7, 11) is -4.16. The average Bonchev–Trinajstić information content (AvgIpc) is 3.48. The van der Waals surface area contributed by atoms with Crippen LogP contribution in [0, 0.1) is 17.3 Å². The molecule has 0 fully saturated rings. The van der Waals surface area contributed by atoms with Gasteiger partial charge in [-0.15, -0.1) is 14.9 Å². The Morgan fingerprint density at radius 1 is 1.11 bits per heavy atom. The largest absolute Gasteiger partial charge is 0.293 e. The third-order valence-corrected chi connectivity index (χ3v) is 7.88. The van der Waals surface area contributed by atoms with Crippen LogP contribution in [-0.2, 0) is 10.0 Å². The Labute approximate surface area is 227 Å². The van der Waals surface area contributed by atoms with E-state index in [-0.39, 0.29) is 37.5 Å². The molecular weight excluding hydrogens is 576 g/mol. The van der Waals surface area contributed by atoms with E-state index in [9.17, 15) is 22.9 Å². The average molecular weight is 588 g/mol. The van der Waals surface area contributed by atoms with E-state index in [1.54, 1.807) is 6.19 Å². The van der Waals surface area contributed by atoms with Crippen molar-refractivity contribution in [1.29, 1.82) is 5.26 Å². The summed E-state index contributed by atoms with van der Waals surface area (Å²) in [6, 6.07) is 11.5. The van der Waals surface area contributed by atoms with Gasteiger partial charge in [-0.25, -0.2) is 22.3 Å². The van der Waals surface area contributed by atoms with Gasteiger partial charge in [-0.1, -0.05) is 64.9 Å². The maximum atomic E-state index is 13.7. The smallest absolute Gasteiger partial charge is 0.277 e. The third kappa shape index (κ3) is 4.77. The van der Waals surface area contributed by atoms with Gasteiger partial charge in [0.2, 0.25) is 6.19 Å². The molecule has 0 unspecified atom stereocenters. The topological polar surface area (TPSA) is 135 Å². The summed E-state index contributed by atoms with van der Waals surface area (Å²) in [4.78, 5) is 17.2. The lowest BCUT2D eigenvalue weighted by atomic mass is 10.2. The van der Waals surface area contributed by atoms with Crippen LogP contribution in [-0.4, -0.2) is 32.8 Å². The van der Waals surface area contributed by atoms with Crippen LogP contribution < -0.4 is 10.3 Å². The van der Waals surface area contributed by atoms with Crippen LogP contribution >= 0.6 is 34.5 Å². The van der Waals surface area contributed by atoms with Gasteiger partial charge in [-0.2, -0.15) is 5.26 Å². The number of benzene rings is 2. The van der Waals surface area contributed by atoms with Crippen LogP contribution in [0.5, 0.6) is 0 Å². The standard InChI is InChI=1S/C23H12Cl2FN7O3S2/c24-16-6-7-17(26)19(25)15(16)8-9-38(35,36)31-14-10-28-20-18(23(34)33(12-27)32(20)11-14)22-30-29-21(37-22)13-4-2-1-3-5-13/h1-11,31H/b9-8+. The molecule has 10 nitrogen and oxygen atoms in total. The van der Waals surface area contributed by atoms with Crippen molar-refractivity contribution in [2.24, 2.45) is 0 Å². The molecule has 15 heteroatoms. The van der Waals surface area contributed by atoms with Gasteiger partial charge in [-0.3, -0.25) is 9.52 Å². The van der Waals surface area contributed by atoms with Crippen molar-refractivity contribution < 1.29 is 12.8 Å². The van der Waals surface area contributed by atoms with Gasteiger partial charge < -0.3 is 0 Å². The summed E-state index contributed by atoms with van der Waals surface area (Å²) in [6.07, 6.45) is 5.18. The van der Waals surface area contributed by atoms with E-state index >= 15 is 0 Å². The fourth-order valence-electron chi connectivity index (χ4n) is 3.45. The summed E-state index contributed by atoms with van der Waals surface area (Å²) in [5, 5.41) is 19.1. The SMILES string of the molecule is N#Cn1c(=O)c(-c2nnc(-c3ccccc3)s2)c2ncc(NS(=O)(=O)/C=C/c3c(Cl)ccc(F)c3Cl)cn21. The van der Waals surface area contributed by atoms with E-state index in [2.05, 4.69) is 19.9 Å². The second-order valence-electron chi connectivity index (χ2n) is 7.59. The monoisotopic (exact) mass is 587 g/mol. The first-order valence-electron chi connectivity index (χ1n) is 10.5. The highest BCUT2D eigenvalue weighted by Gasteiger charge is 2.22. The molecule has 0 aliphatic carbocycles. The fraction of sp³-hybridized carbons (Fsp3) is 0. The summed E-state index contributed by atoms with van der Waals surface area (Å²) in [5.74, 6) is -0.764. The summed E-state index contributed by atoms with van der Waals surface area (Å²) < 4.78 is 43.1. The molecule has 5 rings (SSSR count). The lowest BCUT2D eigenvalue weighted by Crippen LogP contribution is -2.16. The lowest BCUT2D eigenvalue weighted by Gasteiger charge is -2.06. The van der Waals surface area contributed by atoms with Crippen LogP contribution in [0.25, 0.3) is 32.9 Å². The number of hydrogen-bond acceptors (Lipinski definition) is 8. The molecule has 0 saturated carbocycles. The van der Waals surface area contributed by atoms with Gasteiger partial charge in [0, 0.05) is 16.1 Å². The Bertz CT molecular complexity index is 1950. The van der Waals surface area contributed by atoms with Gasteiger partial charge in [0.15, 0.2) is 10.7 Å². The zero-order valence-corrected chi connectivity index (χ0v) is 21.9. The first-order chi connectivity index (χ1) is 18.2. The van der Waals surface area contributed by atoms with E-state index in [0.29, 0.717) is 9.69 Å². The molecular formula is C23H12Cl2FN7O3S2. The molecule has 0 bridgehead atoms. The Morgan fingerprint density at radius 2 is 1.84 bits per heavy atom. The minimum Gasteiger partial charge on any atom is -0.277 e. The maximum absolute atomic E-state index is 13.7. The number of anilines is 1. The lowest BCUT2D eigenvalue weighted by molar-refractivity contribution is 0.609. The van der Waals surface area contributed by atoms with E-state index in [1.165, 1.54) is 18.5 Å². The second kappa shape index (κ2) is 9.99. The van der Waals surface area contributed by atoms with Crippen molar-refractivity contribution in [3.05, 3.63) is 92.0 Å². The number of fused-ring (bicyclic) bond motifs is 1. The predicted molar refractivity (Wildman–Crippen MR) is 143 cm³/mol. The molecule has 3 heterocycles. The van der Waals surface area contributed by atoms with Crippen molar-refractivity contribution in [3.8, 4) is 27.3 Å². The molecule has 1 N–H and O–H groups in total. The van der Waals surface area contributed by atoms with Crippen LogP contribution in [0.1, 0.15) is 5.56 Å². The van der Waals surface area contributed by atoms with Gasteiger partial charge in [0.05, 0.1) is 28.5 Å². The zero-order valence-electron chi connectivity index (χ0n) is 18.7. The number of rotatable bonds is 6. The number of nitriles is 1. The number of aromatic nitrogens is 5. The van der Waals surface area contributed by atoms with Crippen molar-refractivity contribution >= 4 is 62.0 Å². The predicted octanol–water partition coefficient (Wildman–Crippen LogP) is 4.87. The van der Waals surface area contributed by atoms with Crippen molar-refractivity contribution in [2.45, 2.75) is 0 Å². The number of sulfonamides is 1. The minimum atomic E-state index is -4.16. The van der Waals surface area contributed by atoms with Gasteiger partial charge in [-0.05, 0) is 18.2 Å². The summed E-state index contributed by atoms with van der Waals surface area (Å²) >= 11 is 13.0. The Kier molecular flexibility index (Phi) is 6.72. The molecule has 0 aliphatic rings. The van der Waals surface area contributed by atoms with Crippen molar-refractivity contribution in [1.82, 2.24) is 24.4 Å². The molecule has 0 atom stereocenters. The Morgan fingerprint density at radius 3 is 2.58 bits per heavy atom. The number of nitrogens with zero attached hydrogens (tertiary/aromatic N) is 6. The molecule has 0 aliphatic heterocycles. The maximum Gasteiger partial charge on any atom is 0.293 e. The van der Waals surface area contributed by atoms with Crippen LogP contribution in [0.2, 0.25) is 10.0 Å². The molecule has 0 amide bonds. The molecule has 0 spiro atoms. The van der Waals surface area contributed by atoms with E-state index < -0.39 is 21.4 Å². The first-order valence-corrected chi connectivity index (χ1v) is 13.6. The van der Waals surface area contributed by atoms with E-state index in [1.807, 2.05) is 30.3 Å².